The highest BCUT2D eigenvalue weighted by Crippen LogP contribution is 2.11. The molecule has 128 valence electrons. The molecule has 0 aromatic carbocycles. The van der Waals surface area contributed by atoms with Crippen molar-refractivity contribution in [2.75, 3.05) is 6.61 Å². The standard InChI is InChI=1S/C17H36O3S/c1-4-6-7-8-9-10-11-12-13-14-16-19-21(18)20-17(3)15-5-2/h17H,4-16H2,1-3H3. The van der Waals surface area contributed by atoms with E-state index in [1.54, 1.807) is 0 Å². The summed E-state index contributed by atoms with van der Waals surface area (Å²) in [5.74, 6) is 0. The maximum Gasteiger partial charge on any atom is 0.304 e. The van der Waals surface area contributed by atoms with Gasteiger partial charge in [-0.15, -0.1) is 0 Å². The first-order valence-corrected chi connectivity index (χ1v) is 9.92. The molecule has 0 aliphatic rings. The van der Waals surface area contributed by atoms with Crippen LogP contribution >= 0.6 is 0 Å². The van der Waals surface area contributed by atoms with Crippen molar-refractivity contribution >= 4 is 11.4 Å². The molecule has 0 saturated heterocycles. The third-order valence-electron chi connectivity index (χ3n) is 3.62. The van der Waals surface area contributed by atoms with E-state index in [9.17, 15) is 4.21 Å². The second-order valence-corrected chi connectivity index (χ2v) is 6.74. The zero-order valence-electron chi connectivity index (χ0n) is 14.4. The molecule has 3 nitrogen and oxygen atoms in total. The second-order valence-electron chi connectivity index (χ2n) is 5.90. The van der Waals surface area contributed by atoms with Gasteiger partial charge >= 0.3 is 11.4 Å². The largest absolute Gasteiger partial charge is 0.304 e. The summed E-state index contributed by atoms with van der Waals surface area (Å²) in [6, 6.07) is 0. The molecule has 0 fully saturated rings. The average Bonchev–Trinajstić information content (AvgIpc) is 2.45. The van der Waals surface area contributed by atoms with Crippen LogP contribution in [0.1, 0.15) is 97.8 Å². The Morgan fingerprint density at radius 1 is 0.810 bits per heavy atom. The normalized spacial score (nSPS) is 14.2. The quantitative estimate of drug-likeness (QED) is 0.342. The predicted octanol–water partition coefficient (Wildman–Crippen LogP) is 5.71. The fourth-order valence-electron chi connectivity index (χ4n) is 2.33. The van der Waals surface area contributed by atoms with E-state index in [1.165, 1.54) is 51.4 Å². The molecule has 0 radical (unpaired) electrons. The molecule has 0 heterocycles. The summed E-state index contributed by atoms with van der Waals surface area (Å²) in [7, 11) is 0. The first-order valence-electron chi connectivity index (χ1n) is 8.92. The van der Waals surface area contributed by atoms with Crippen LogP contribution in [0.15, 0.2) is 0 Å². The molecule has 0 saturated carbocycles. The third-order valence-corrected chi connectivity index (χ3v) is 4.46. The number of hydrogen-bond donors (Lipinski definition) is 0. The van der Waals surface area contributed by atoms with Gasteiger partial charge in [0.15, 0.2) is 0 Å². The number of unbranched alkanes of at least 4 members (excludes halogenated alkanes) is 9. The van der Waals surface area contributed by atoms with Gasteiger partial charge in [0, 0.05) is 0 Å². The average molecular weight is 321 g/mol. The topological polar surface area (TPSA) is 35.5 Å². The zero-order valence-corrected chi connectivity index (χ0v) is 15.2. The van der Waals surface area contributed by atoms with E-state index in [2.05, 4.69) is 13.8 Å². The first kappa shape index (κ1) is 21.1. The number of rotatable bonds is 16. The van der Waals surface area contributed by atoms with Gasteiger partial charge in [-0.3, -0.25) is 8.37 Å². The lowest BCUT2D eigenvalue weighted by Crippen LogP contribution is -2.12. The summed E-state index contributed by atoms with van der Waals surface area (Å²) in [6.07, 6.45) is 14.9. The van der Waals surface area contributed by atoms with E-state index in [1.807, 2.05) is 6.92 Å². The Morgan fingerprint density at radius 3 is 1.86 bits per heavy atom. The van der Waals surface area contributed by atoms with Crippen LogP contribution in [0.5, 0.6) is 0 Å². The van der Waals surface area contributed by atoms with E-state index in [0.29, 0.717) is 6.61 Å². The lowest BCUT2D eigenvalue weighted by Gasteiger charge is -2.10. The first-order chi connectivity index (χ1) is 10.2. The molecule has 0 N–H and O–H groups in total. The van der Waals surface area contributed by atoms with Crippen LogP contribution in [0.4, 0.5) is 0 Å². The minimum atomic E-state index is -1.57. The molecule has 0 spiro atoms. The summed E-state index contributed by atoms with van der Waals surface area (Å²) in [6.45, 7) is 6.82. The Morgan fingerprint density at radius 2 is 1.33 bits per heavy atom. The van der Waals surface area contributed by atoms with Gasteiger partial charge in [-0.05, 0) is 19.8 Å². The van der Waals surface area contributed by atoms with Gasteiger partial charge in [0.2, 0.25) is 0 Å². The van der Waals surface area contributed by atoms with Gasteiger partial charge < -0.3 is 0 Å². The molecule has 0 bridgehead atoms. The van der Waals surface area contributed by atoms with E-state index < -0.39 is 11.4 Å². The van der Waals surface area contributed by atoms with Crippen molar-refractivity contribution in [1.82, 2.24) is 0 Å². The highest BCUT2D eigenvalue weighted by atomic mass is 32.2. The van der Waals surface area contributed by atoms with E-state index in [4.69, 9.17) is 8.37 Å². The Bertz CT molecular complexity index is 234. The van der Waals surface area contributed by atoms with Gasteiger partial charge in [0.25, 0.3) is 0 Å². The number of hydrogen-bond acceptors (Lipinski definition) is 3. The minimum Gasteiger partial charge on any atom is -0.268 e. The van der Waals surface area contributed by atoms with Crippen LogP contribution in [0.2, 0.25) is 0 Å². The molecule has 2 atom stereocenters. The lowest BCUT2D eigenvalue weighted by atomic mass is 10.1. The van der Waals surface area contributed by atoms with Crippen molar-refractivity contribution < 1.29 is 12.6 Å². The maximum atomic E-state index is 11.5. The Labute approximate surface area is 135 Å². The highest BCUT2D eigenvalue weighted by molar-refractivity contribution is 7.75. The SMILES string of the molecule is CCCCCCCCCCCCOS(=O)OC(C)CCC. The van der Waals surface area contributed by atoms with Gasteiger partial charge in [-0.2, -0.15) is 4.21 Å². The summed E-state index contributed by atoms with van der Waals surface area (Å²) in [5.41, 5.74) is 0. The molecule has 0 aliphatic carbocycles. The molecule has 0 aromatic rings. The summed E-state index contributed by atoms with van der Waals surface area (Å²) >= 11 is -1.57. The van der Waals surface area contributed by atoms with Crippen LogP contribution in [0.3, 0.4) is 0 Å². The van der Waals surface area contributed by atoms with Crippen LogP contribution < -0.4 is 0 Å². The predicted molar refractivity (Wildman–Crippen MR) is 91.4 cm³/mol. The van der Waals surface area contributed by atoms with Gasteiger partial charge in [0.05, 0.1) is 12.7 Å². The molecular formula is C17H36O3S. The fourth-order valence-corrected chi connectivity index (χ4v) is 3.01. The molecular weight excluding hydrogens is 284 g/mol. The van der Waals surface area contributed by atoms with Gasteiger partial charge in [0.1, 0.15) is 0 Å². The Hall–Kier alpha value is 0.0700. The second kappa shape index (κ2) is 16.4. The summed E-state index contributed by atoms with van der Waals surface area (Å²) < 4.78 is 21.9. The van der Waals surface area contributed by atoms with Crippen LogP contribution in [0, 0.1) is 0 Å². The van der Waals surface area contributed by atoms with Crippen molar-refractivity contribution in [3.05, 3.63) is 0 Å². The van der Waals surface area contributed by atoms with E-state index >= 15 is 0 Å². The highest BCUT2D eigenvalue weighted by Gasteiger charge is 2.07. The van der Waals surface area contributed by atoms with Crippen LogP contribution in [0.25, 0.3) is 0 Å². The third kappa shape index (κ3) is 16.3. The maximum absolute atomic E-state index is 11.5. The molecule has 21 heavy (non-hydrogen) atoms. The van der Waals surface area contributed by atoms with Crippen molar-refractivity contribution in [3.63, 3.8) is 0 Å². The molecule has 0 aromatic heterocycles. The lowest BCUT2D eigenvalue weighted by molar-refractivity contribution is 0.185. The molecule has 4 heteroatoms. The van der Waals surface area contributed by atoms with Gasteiger partial charge in [-0.1, -0.05) is 78.1 Å². The van der Waals surface area contributed by atoms with Crippen molar-refractivity contribution in [2.45, 2.75) is 104 Å². The van der Waals surface area contributed by atoms with Crippen molar-refractivity contribution in [1.29, 1.82) is 0 Å². The van der Waals surface area contributed by atoms with E-state index in [0.717, 1.165) is 25.7 Å². The van der Waals surface area contributed by atoms with Crippen molar-refractivity contribution in [2.24, 2.45) is 0 Å². The fraction of sp³-hybridized carbons (Fsp3) is 1.00. The summed E-state index contributed by atoms with van der Waals surface area (Å²) in [4.78, 5) is 0. The zero-order chi connectivity index (χ0) is 15.8. The monoisotopic (exact) mass is 320 g/mol. The summed E-state index contributed by atoms with van der Waals surface area (Å²) in [5, 5.41) is 0. The molecule has 2 unspecified atom stereocenters. The molecule has 0 aliphatic heterocycles. The Balaban J connectivity index is 3.19. The molecule has 0 amide bonds. The minimum absolute atomic E-state index is 0.0172. The van der Waals surface area contributed by atoms with Crippen LogP contribution in [-0.2, 0) is 19.7 Å². The Kier molecular flexibility index (Phi) is 16.5. The molecule has 0 rings (SSSR count). The van der Waals surface area contributed by atoms with Crippen molar-refractivity contribution in [3.8, 4) is 0 Å². The van der Waals surface area contributed by atoms with E-state index in [-0.39, 0.29) is 6.10 Å². The smallest absolute Gasteiger partial charge is 0.268 e. The van der Waals surface area contributed by atoms with Gasteiger partial charge in [-0.25, -0.2) is 0 Å². The van der Waals surface area contributed by atoms with Crippen LogP contribution in [-0.4, -0.2) is 16.9 Å².